The molecule has 192 valence electrons. The molecule has 0 saturated heterocycles. The van der Waals surface area contributed by atoms with Gasteiger partial charge < -0.3 is 16.6 Å². The van der Waals surface area contributed by atoms with Crippen LogP contribution in [0.5, 0.6) is 0 Å². The number of rotatable bonds is 6. The molecule has 0 radical (unpaired) electrons. The number of nitrogen functional groups attached to an aromatic ring is 2. The minimum Gasteiger partial charge on any atom is -0.465 e. The van der Waals surface area contributed by atoms with Gasteiger partial charge in [0.15, 0.2) is 11.6 Å². The summed E-state index contributed by atoms with van der Waals surface area (Å²) in [5, 5.41) is 14.8. The highest BCUT2D eigenvalue weighted by atomic mass is 35.5. The van der Waals surface area contributed by atoms with Gasteiger partial charge in [0.2, 0.25) is 0 Å². The Bertz CT molecular complexity index is 1650. The second-order valence-corrected chi connectivity index (χ2v) is 8.72. The molecular weight excluding hydrogens is 518 g/mol. The molecule has 5 N–H and O–H groups in total. The van der Waals surface area contributed by atoms with Crippen LogP contribution in [0.15, 0.2) is 60.8 Å². The fraction of sp³-hybridized carbons (Fsp3) is 0.0800. The number of anilines is 3. The Hall–Kier alpha value is -4.84. The van der Waals surface area contributed by atoms with E-state index in [1.54, 1.807) is 42.5 Å². The van der Waals surface area contributed by atoms with Crippen molar-refractivity contribution in [3.63, 3.8) is 0 Å². The molecule has 3 heterocycles. The zero-order valence-electron chi connectivity index (χ0n) is 19.5. The van der Waals surface area contributed by atoms with Gasteiger partial charge in [-0.1, -0.05) is 41.9 Å². The number of benzene rings is 2. The van der Waals surface area contributed by atoms with Gasteiger partial charge in [-0.25, -0.2) is 18.6 Å². The van der Waals surface area contributed by atoms with Gasteiger partial charge in [-0.15, -0.1) is 0 Å². The van der Waals surface area contributed by atoms with Crippen molar-refractivity contribution < 1.29 is 18.7 Å². The zero-order chi connectivity index (χ0) is 27.0. The largest absolute Gasteiger partial charge is 0.465 e. The monoisotopic (exact) mass is 536 g/mol. The van der Waals surface area contributed by atoms with Crippen molar-refractivity contribution in [2.24, 2.45) is 0 Å². The standard InChI is InChI=1S/C25H19ClF2N8O2/c26-15-7-5-13(6-8-15)12-35(25(37)38)21-22(29)32-24(33-23(21)30)36-19-10-16(27)11-31-20(19)18(34-36)9-14-3-1-2-4-17(14)28/h1-8,10-11H,9,12H2,(H,37,38)(H4,29,30,32,33). The Morgan fingerprint density at radius 2 is 1.74 bits per heavy atom. The summed E-state index contributed by atoms with van der Waals surface area (Å²) in [6.07, 6.45) is -0.253. The highest BCUT2D eigenvalue weighted by Crippen LogP contribution is 2.31. The summed E-state index contributed by atoms with van der Waals surface area (Å²) in [6, 6.07) is 13.9. The smallest absolute Gasteiger partial charge is 0.412 e. The van der Waals surface area contributed by atoms with E-state index >= 15 is 0 Å². The summed E-state index contributed by atoms with van der Waals surface area (Å²) in [4.78, 5) is 25.5. The highest BCUT2D eigenvalue weighted by molar-refractivity contribution is 6.30. The van der Waals surface area contributed by atoms with E-state index in [0.717, 1.165) is 11.1 Å². The minimum atomic E-state index is -1.34. The van der Waals surface area contributed by atoms with Crippen molar-refractivity contribution in [1.29, 1.82) is 0 Å². The van der Waals surface area contributed by atoms with Crippen LogP contribution in [-0.4, -0.2) is 35.9 Å². The van der Waals surface area contributed by atoms with E-state index in [0.29, 0.717) is 27.4 Å². The van der Waals surface area contributed by atoms with Gasteiger partial charge in [-0.2, -0.15) is 19.7 Å². The van der Waals surface area contributed by atoms with Crippen LogP contribution < -0.4 is 16.4 Å². The SMILES string of the molecule is Nc1nc(-n2nc(Cc3ccccc3F)c3ncc(F)cc32)nc(N)c1N(Cc1ccc(Cl)cc1)C(=O)O. The Balaban J connectivity index is 1.58. The second kappa shape index (κ2) is 9.90. The summed E-state index contributed by atoms with van der Waals surface area (Å²) in [7, 11) is 0. The molecule has 2 aromatic carbocycles. The molecule has 0 spiro atoms. The number of halogens is 3. The summed E-state index contributed by atoms with van der Waals surface area (Å²) < 4.78 is 29.6. The van der Waals surface area contributed by atoms with Crippen LogP contribution >= 0.6 is 11.6 Å². The molecule has 0 fully saturated rings. The molecule has 0 unspecified atom stereocenters. The minimum absolute atomic E-state index is 0.0612. The quantitative estimate of drug-likeness (QED) is 0.285. The van der Waals surface area contributed by atoms with Gasteiger partial charge in [0.1, 0.15) is 22.8 Å². The third-order valence-corrected chi connectivity index (χ3v) is 5.99. The first kappa shape index (κ1) is 24.8. The van der Waals surface area contributed by atoms with Gasteiger partial charge in [-0.05, 0) is 29.3 Å². The number of hydrogen-bond donors (Lipinski definition) is 3. The molecule has 0 bridgehead atoms. The van der Waals surface area contributed by atoms with Gasteiger partial charge in [0.05, 0.1) is 24.0 Å². The number of fused-ring (bicyclic) bond motifs is 1. The maximum absolute atomic E-state index is 14.3. The number of nitrogens with two attached hydrogens (primary N) is 2. The van der Waals surface area contributed by atoms with E-state index in [9.17, 15) is 18.7 Å². The van der Waals surface area contributed by atoms with Gasteiger partial charge in [0, 0.05) is 17.5 Å². The van der Waals surface area contributed by atoms with Crippen LogP contribution in [0.2, 0.25) is 5.02 Å². The first-order chi connectivity index (χ1) is 18.2. The summed E-state index contributed by atoms with van der Waals surface area (Å²) in [5.74, 6) is -1.70. The predicted molar refractivity (Wildman–Crippen MR) is 138 cm³/mol. The molecule has 13 heteroatoms. The average molecular weight is 537 g/mol. The normalized spacial score (nSPS) is 11.1. The number of aromatic nitrogens is 5. The van der Waals surface area contributed by atoms with E-state index in [4.69, 9.17) is 23.1 Å². The molecule has 0 aliphatic rings. The van der Waals surface area contributed by atoms with Crippen molar-refractivity contribution in [2.75, 3.05) is 16.4 Å². The molecule has 0 aliphatic heterocycles. The van der Waals surface area contributed by atoms with Crippen LogP contribution in [0.25, 0.3) is 17.0 Å². The van der Waals surface area contributed by atoms with Crippen molar-refractivity contribution in [3.8, 4) is 5.95 Å². The van der Waals surface area contributed by atoms with Crippen molar-refractivity contribution in [1.82, 2.24) is 24.7 Å². The molecule has 5 rings (SSSR count). The van der Waals surface area contributed by atoms with E-state index in [1.165, 1.54) is 16.8 Å². The molecule has 3 aromatic heterocycles. The van der Waals surface area contributed by atoms with Crippen molar-refractivity contribution in [2.45, 2.75) is 13.0 Å². The summed E-state index contributed by atoms with van der Waals surface area (Å²) in [5.41, 5.74) is 14.0. The second-order valence-electron chi connectivity index (χ2n) is 8.29. The zero-order valence-corrected chi connectivity index (χ0v) is 20.3. The lowest BCUT2D eigenvalue weighted by molar-refractivity contribution is 0.201. The van der Waals surface area contributed by atoms with Crippen LogP contribution in [0, 0.1) is 11.6 Å². The lowest BCUT2D eigenvalue weighted by Gasteiger charge is -2.22. The highest BCUT2D eigenvalue weighted by Gasteiger charge is 2.25. The Kier molecular flexibility index (Phi) is 6.47. The number of pyridine rings is 1. The number of hydrogen-bond acceptors (Lipinski definition) is 7. The van der Waals surface area contributed by atoms with Crippen LogP contribution in [0.1, 0.15) is 16.8 Å². The molecular formula is C25H19ClF2N8O2. The summed E-state index contributed by atoms with van der Waals surface area (Å²) >= 11 is 5.92. The Morgan fingerprint density at radius 1 is 1.05 bits per heavy atom. The summed E-state index contributed by atoms with van der Waals surface area (Å²) in [6.45, 7) is -0.101. The Morgan fingerprint density at radius 3 is 2.39 bits per heavy atom. The number of amides is 1. The lowest BCUT2D eigenvalue weighted by Crippen LogP contribution is -2.31. The lowest BCUT2D eigenvalue weighted by atomic mass is 10.1. The molecule has 38 heavy (non-hydrogen) atoms. The molecule has 10 nitrogen and oxygen atoms in total. The van der Waals surface area contributed by atoms with E-state index in [2.05, 4.69) is 20.1 Å². The average Bonchev–Trinajstić information content (AvgIpc) is 3.22. The predicted octanol–water partition coefficient (Wildman–Crippen LogP) is 4.58. The van der Waals surface area contributed by atoms with Crippen LogP contribution in [-0.2, 0) is 13.0 Å². The topological polar surface area (TPSA) is 149 Å². The van der Waals surface area contributed by atoms with Crippen molar-refractivity contribution >= 4 is 46.1 Å². The van der Waals surface area contributed by atoms with Gasteiger partial charge in [0.25, 0.3) is 5.95 Å². The van der Waals surface area contributed by atoms with E-state index in [1.807, 2.05) is 0 Å². The molecule has 0 aliphatic carbocycles. The third-order valence-electron chi connectivity index (χ3n) is 5.74. The first-order valence-electron chi connectivity index (χ1n) is 11.2. The first-order valence-corrected chi connectivity index (χ1v) is 11.5. The molecule has 1 amide bonds. The number of nitrogens with zero attached hydrogens (tertiary/aromatic N) is 6. The molecule has 0 atom stereocenters. The van der Waals surface area contributed by atoms with E-state index < -0.39 is 17.7 Å². The van der Waals surface area contributed by atoms with Crippen LogP contribution in [0.3, 0.4) is 0 Å². The third kappa shape index (κ3) is 4.76. The van der Waals surface area contributed by atoms with Gasteiger partial charge in [-0.3, -0.25) is 4.90 Å². The van der Waals surface area contributed by atoms with Crippen LogP contribution in [0.4, 0.5) is 30.9 Å². The number of carbonyl (C=O) groups is 1. The fourth-order valence-corrected chi connectivity index (χ4v) is 4.12. The van der Waals surface area contributed by atoms with Crippen molar-refractivity contribution in [3.05, 3.63) is 94.3 Å². The molecule has 0 saturated carbocycles. The van der Waals surface area contributed by atoms with E-state index in [-0.39, 0.29) is 41.8 Å². The van der Waals surface area contributed by atoms with Gasteiger partial charge >= 0.3 is 6.09 Å². The number of carboxylic acid groups (broad SMARTS) is 1. The maximum Gasteiger partial charge on any atom is 0.412 e. The fourth-order valence-electron chi connectivity index (χ4n) is 3.99. The Labute approximate surface area is 219 Å². The molecule has 5 aromatic rings. The maximum atomic E-state index is 14.3.